The van der Waals surface area contributed by atoms with E-state index in [1.807, 2.05) is 17.0 Å². The summed E-state index contributed by atoms with van der Waals surface area (Å²) in [4.78, 5) is 16.4. The molecule has 2 rings (SSSR count). The van der Waals surface area contributed by atoms with Gasteiger partial charge in [0, 0.05) is 31.9 Å². The van der Waals surface area contributed by atoms with E-state index in [1.54, 1.807) is 0 Å². The minimum Gasteiger partial charge on any atom is -0.322 e. The normalized spacial score (nSPS) is 16.5. The predicted octanol–water partition coefficient (Wildman–Crippen LogP) is 2.98. The molecule has 1 aliphatic heterocycles. The third-order valence-corrected chi connectivity index (χ3v) is 3.94. The number of benzene rings is 1. The molecule has 1 N–H and O–H groups in total. The number of nitrogens with one attached hydrogen (secondary N) is 1. The number of urea groups is 1. The zero-order valence-corrected chi connectivity index (χ0v) is 12.7. The van der Waals surface area contributed by atoms with Gasteiger partial charge in [-0.15, -0.1) is 0 Å². The fourth-order valence-corrected chi connectivity index (χ4v) is 2.42. The van der Waals surface area contributed by atoms with Crippen LogP contribution in [-0.4, -0.2) is 48.6 Å². The van der Waals surface area contributed by atoms with Gasteiger partial charge in [0.25, 0.3) is 0 Å². The van der Waals surface area contributed by atoms with Gasteiger partial charge in [0.15, 0.2) is 0 Å². The molecule has 1 heterocycles. The largest absolute Gasteiger partial charge is 0.322 e. The van der Waals surface area contributed by atoms with E-state index in [4.69, 9.17) is 0 Å². The van der Waals surface area contributed by atoms with Gasteiger partial charge >= 0.3 is 6.03 Å². The summed E-state index contributed by atoms with van der Waals surface area (Å²) >= 11 is 0. The maximum Gasteiger partial charge on any atom is 0.321 e. The van der Waals surface area contributed by atoms with Crippen molar-refractivity contribution < 1.29 is 4.79 Å². The van der Waals surface area contributed by atoms with Crippen LogP contribution in [0.4, 0.5) is 10.5 Å². The van der Waals surface area contributed by atoms with Crippen LogP contribution in [0.15, 0.2) is 24.3 Å². The Morgan fingerprint density at radius 1 is 1.15 bits per heavy atom. The van der Waals surface area contributed by atoms with Crippen LogP contribution in [0.5, 0.6) is 0 Å². The first-order valence-corrected chi connectivity index (χ1v) is 7.48. The molecule has 1 fully saturated rings. The van der Waals surface area contributed by atoms with Crippen LogP contribution in [0, 0.1) is 0 Å². The molecule has 1 aromatic carbocycles. The summed E-state index contributed by atoms with van der Waals surface area (Å²) in [7, 11) is 0. The van der Waals surface area contributed by atoms with E-state index in [0.29, 0.717) is 5.92 Å². The third-order valence-electron chi connectivity index (χ3n) is 3.94. The number of hydrogen-bond acceptors (Lipinski definition) is 2. The van der Waals surface area contributed by atoms with E-state index in [2.05, 4.69) is 43.1 Å². The van der Waals surface area contributed by atoms with Gasteiger partial charge in [0.2, 0.25) is 0 Å². The fourth-order valence-electron chi connectivity index (χ4n) is 2.42. The van der Waals surface area contributed by atoms with Crippen LogP contribution in [-0.2, 0) is 0 Å². The van der Waals surface area contributed by atoms with Crippen LogP contribution in [0.3, 0.4) is 0 Å². The van der Waals surface area contributed by atoms with Crippen LogP contribution < -0.4 is 5.32 Å². The summed E-state index contributed by atoms with van der Waals surface area (Å²) in [5.74, 6) is 0.516. The Balaban J connectivity index is 1.88. The second-order valence-corrected chi connectivity index (χ2v) is 5.63. The quantitative estimate of drug-likeness (QED) is 0.920. The Morgan fingerprint density at radius 2 is 1.75 bits per heavy atom. The molecule has 4 nitrogen and oxygen atoms in total. The first-order valence-electron chi connectivity index (χ1n) is 7.48. The lowest BCUT2D eigenvalue weighted by Crippen LogP contribution is -2.49. The zero-order valence-electron chi connectivity index (χ0n) is 12.7. The van der Waals surface area contributed by atoms with Crippen molar-refractivity contribution in [3.05, 3.63) is 29.8 Å². The predicted molar refractivity (Wildman–Crippen MR) is 83.2 cm³/mol. The highest BCUT2D eigenvalue weighted by Crippen LogP contribution is 2.17. The highest BCUT2D eigenvalue weighted by Gasteiger charge is 2.19. The zero-order chi connectivity index (χ0) is 14.5. The van der Waals surface area contributed by atoms with Crippen molar-refractivity contribution in [3.8, 4) is 0 Å². The summed E-state index contributed by atoms with van der Waals surface area (Å²) in [6, 6.07) is 8.13. The summed E-state index contributed by atoms with van der Waals surface area (Å²) in [6.07, 6.45) is 0. The average molecular weight is 275 g/mol. The van der Waals surface area contributed by atoms with E-state index in [0.717, 1.165) is 38.4 Å². The lowest BCUT2D eigenvalue weighted by atomic mass is 10.0. The van der Waals surface area contributed by atoms with Crippen molar-refractivity contribution >= 4 is 11.7 Å². The van der Waals surface area contributed by atoms with Crippen molar-refractivity contribution in [2.45, 2.75) is 26.7 Å². The fraction of sp³-hybridized carbons (Fsp3) is 0.562. The number of amides is 2. The van der Waals surface area contributed by atoms with Crippen molar-refractivity contribution in [1.82, 2.24) is 9.80 Å². The SMILES string of the molecule is CCN1CCN(C(=O)Nc2ccc(C(C)C)cc2)CC1. The van der Waals surface area contributed by atoms with Gasteiger partial charge in [-0.05, 0) is 30.2 Å². The van der Waals surface area contributed by atoms with Gasteiger partial charge in [0.1, 0.15) is 0 Å². The molecule has 110 valence electrons. The lowest BCUT2D eigenvalue weighted by molar-refractivity contribution is 0.151. The van der Waals surface area contributed by atoms with E-state index in [-0.39, 0.29) is 6.03 Å². The van der Waals surface area contributed by atoms with Gasteiger partial charge in [-0.2, -0.15) is 0 Å². The van der Waals surface area contributed by atoms with Gasteiger partial charge in [-0.25, -0.2) is 4.79 Å². The molecule has 4 heteroatoms. The van der Waals surface area contributed by atoms with Crippen LogP contribution in [0.1, 0.15) is 32.3 Å². The van der Waals surface area contributed by atoms with Crippen molar-refractivity contribution in [3.63, 3.8) is 0 Å². The molecular formula is C16H25N3O. The molecular weight excluding hydrogens is 250 g/mol. The summed E-state index contributed by atoms with van der Waals surface area (Å²) in [5.41, 5.74) is 2.16. The van der Waals surface area contributed by atoms with Gasteiger partial charge in [0.05, 0.1) is 0 Å². The molecule has 20 heavy (non-hydrogen) atoms. The molecule has 1 saturated heterocycles. The maximum atomic E-state index is 12.2. The van der Waals surface area contributed by atoms with Gasteiger partial charge in [-0.1, -0.05) is 32.9 Å². The Morgan fingerprint density at radius 3 is 2.25 bits per heavy atom. The molecule has 0 spiro atoms. The van der Waals surface area contributed by atoms with Gasteiger partial charge < -0.3 is 15.1 Å². The Kier molecular flexibility index (Phi) is 5.01. The number of likely N-dealkylation sites (N-methyl/N-ethyl adjacent to an activating group) is 1. The Labute approximate surface area is 121 Å². The average Bonchev–Trinajstić information content (AvgIpc) is 2.48. The molecule has 1 aromatic rings. The van der Waals surface area contributed by atoms with E-state index < -0.39 is 0 Å². The number of piperazine rings is 1. The molecule has 0 aromatic heterocycles. The summed E-state index contributed by atoms with van der Waals surface area (Å²) in [5, 5.41) is 2.98. The Bertz CT molecular complexity index is 434. The molecule has 0 saturated carbocycles. The van der Waals surface area contributed by atoms with Crippen molar-refractivity contribution in [1.29, 1.82) is 0 Å². The molecule has 0 atom stereocenters. The summed E-state index contributed by atoms with van der Waals surface area (Å²) in [6.45, 7) is 11.1. The number of nitrogens with zero attached hydrogens (tertiary/aromatic N) is 2. The van der Waals surface area contributed by atoms with E-state index >= 15 is 0 Å². The number of anilines is 1. The first-order chi connectivity index (χ1) is 9.60. The van der Waals surface area contributed by atoms with Gasteiger partial charge in [-0.3, -0.25) is 0 Å². The number of carbonyl (C=O) groups is 1. The highest BCUT2D eigenvalue weighted by molar-refractivity contribution is 5.89. The number of rotatable bonds is 3. The molecule has 0 bridgehead atoms. The maximum absolute atomic E-state index is 12.2. The minimum atomic E-state index is 0.0121. The third kappa shape index (κ3) is 3.73. The summed E-state index contributed by atoms with van der Waals surface area (Å²) < 4.78 is 0. The van der Waals surface area contributed by atoms with E-state index in [1.165, 1.54) is 5.56 Å². The molecule has 0 radical (unpaired) electrons. The molecule has 2 amide bonds. The van der Waals surface area contributed by atoms with Crippen LogP contribution >= 0.6 is 0 Å². The van der Waals surface area contributed by atoms with Crippen molar-refractivity contribution in [2.75, 3.05) is 38.0 Å². The smallest absolute Gasteiger partial charge is 0.321 e. The molecule has 0 aliphatic carbocycles. The topological polar surface area (TPSA) is 35.6 Å². The number of hydrogen-bond donors (Lipinski definition) is 1. The lowest BCUT2D eigenvalue weighted by Gasteiger charge is -2.34. The second-order valence-electron chi connectivity index (χ2n) is 5.63. The standard InChI is InChI=1S/C16H25N3O/c1-4-18-9-11-19(12-10-18)16(20)17-15-7-5-14(6-8-15)13(2)3/h5-8,13H,4,9-12H2,1-3H3,(H,17,20). The first kappa shape index (κ1) is 14.9. The van der Waals surface area contributed by atoms with Crippen molar-refractivity contribution in [2.24, 2.45) is 0 Å². The highest BCUT2D eigenvalue weighted by atomic mass is 16.2. The molecule has 0 unspecified atom stereocenters. The van der Waals surface area contributed by atoms with Crippen LogP contribution in [0.25, 0.3) is 0 Å². The molecule has 1 aliphatic rings. The minimum absolute atomic E-state index is 0.0121. The Hall–Kier alpha value is -1.55. The number of carbonyl (C=O) groups excluding carboxylic acids is 1. The van der Waals surface area contributed by atoms with E-state index in [9.17, 15) is 4.79 Å². The van der Waals surface area contributed by atoms with Crippen LogP contribution in [0.2, 0.25) is 0 Å². The second kappa shape index (κ2) is 6.75. The monoisotopic (exact) mass is 275 g/mol.